The highest BCUT2D eigenvalue weighted by Gasteiger charge is 2.46. The molecule has 0 fully saturated rings. The Labute approximate surface area is 299 Å². The van der Waals surface area contributed by atoms with Gasteiger partial charge in [0.15, 0.2) is 0 Å². The van der Waals surface area contributed by atoms with Gasteiger partial charge in [0, 0.05) is 29.1 Å². The topological polar surface area (TPSA) is 38.7 Å². The molecule has 3 nitrogen and oxygen atoms in total. The van der Waals surface area contributed by atoms with E-state index in [0.29, 0.717) is 0 Å². The van der Waals surface area contributed by atoms with Crippen molar-refractivity contribution in [3.8, 4) is 55.9 Å². The minimum Gasteiger partial charge on any atom is -0.264 e. The smallest absolute Gasteiger partial charge is 0.126 e. The summed E-state index contributed by atoms with van der Waals surface area (Å²) in [5, 5.41) is 0. The van der Waals surface area contributed by atoms with Gasteiger partial charge in [-0.05, 0) is 93.7 Å². The summed E-state index contributed by atoms with van der Waals surface area (Å²) in [6, 6.07) is 59.3. The van der Waals surface area contributed by atoms with Crippen LogP contribution in [0.3, 0.4) is 0 Å². The van der Waals surface area contributed by atoms with Gasteiger partial charge in [-0.2, -0.15) is 0 Å². The van der Waals surface area contributed by atoms with Gasteiger partial charge < -0.3 is 0 Å². The molecule has 0 saturated heterocycles. The molecule has 1 atom stereocenters. The molecule has 1 aliphatic rings. The number of aromatic nitrogens is 3. The van der Waals surface area contributed by atoms with Crippen LogP contribution in [-0.2, 0) is 5.41 Å². The lowest BCUT2D eigenvalue weighted by Crippen LogP contribution is -2.28. The molecule has 3 heteroatoms. The summed E-state index contributed by atoms with van der Waals surface area (Å²) in [4.78, 5) is 14.1. The molecule has 6 aromatic carbocycles. The monoisotopic (exact) mass is 653 g/mol. The molecule has 0 spiro atoms. The molecule has 2 aromatic heterocycles. The van der Waals surface area contributed by atoms with E-state index >= 15 is 0 Å². The van der Waals surface area contributed by atoms with E-state index in [1.54, 1.807) is 0 Å². The Hall–Kier alpha value is -6.45. The summed E-state index contributed by atoms with van der Waals surface area (Å²) in [5.74, 6) is 0.750. The van der Waals surface area contributed by atoms with Gasteiger partial charge in [0.1, 0.15) is 5.82 Å². The van der Waals surface area contributed by atoms with Gasteiger partial charge in [-0.1, -0.05) is 140 Å². The summed E-state index contributed by atoms with van der Waals surface area (Å²) in [6.45, 7) is 4.11. The van der Waals surface area contributed by atoms with Crippen LogP contribution in [0.15, 0.2) is 176 Å². The van der Waals surface area contributed by atoms with Crippen LogP contribution in [0.1, 0.15) is 33.6 Å². The van der Waals surface area contributed by atoms with Gasteiger partial charge in [-0.15, -0.1) is 0 Å². The van der Waals surface area contributed by atoms with Crippen LogP contribution >= 0.6 is 0 Å². The van der Waals surface area contributed by atoms with Crippen LogP contribution in [0.4, 0.5) is 0 Å². The highest BCUT2D eigenvalue weighted by atomic mass is 14.9. The minimum absolute atomic E-state index is 0.545. The van der Waals surface area contributed by atoms with E-state index in [1.807, 2.05) is 25.4 Å². The van der Waals surface area contributed by atoms with Crippen LogP contribution in [0.2, 0.25) is 0 Å². The fourth-order valence-electron chi connectivity index (χ4n) is 7.93. The summed E-state index contributed by atoms with van der Waals surface area (Å²) in [6.07, 6.45) is 3.80. The Morgan fingerprint density at radius 2 is 1.04 bits per heavy atom. The lowest BCUT2D eigenvalue weighted by molar-refractivity contribution is 0.769. The van der Waals surface area contributed by atoms with E-state index in [9.17, 15) is 0 Å². The first kappa shape index (κ1) is 30.6. The molecule has 0 saturated carbocycles. The highest BCUT2D eigenvalue weighted by molar-refractivity contribution is 5.89. The standard InChI is InChI=1S/C48H35N3/c1-32-26-27-49-31-43(32)35-22-20-34(21-23-35)37-24-25-42-41-18-9-10-19-44(41)48(45(42)29-37,39-15-7-4-8-16-39)40-17-11-14-38(28-40)47-30-46(50-33(2)51-47)36-12-5-3-6-13-36/h3-31H,1-2H3. The van der Waals surface area contributed by atoms with E-state index in [0.717, 1.165) is 33.9 Å². The molecule has 1 aliphatic carbocycles. The van der Waals surface area contributed by atoms with Crippen molar-refractivity contribution in [2.24, 2.45) is 0 Å². The Balaban J connectivity index is 1.24. The van der Waals surface area contributed by atoms with Crippen LogP contribution in [0.25, 0.3) is 55.9 Å². The third-order valence-corrected chi connectivity index (χ3v) is 10.3. The summed E-state index contributed by atoms with van der Waals surface area (Å²) in [7, 11) is 0. The number of hydrogen-bond donors (Lipinski definition) is 0. The van der Waals surface area contributed by atoms with E-state index in [2.05, 4.69) is 170 Å². The zero-order valence-electron chi connectivity index (χ0n) is 28.6. The highest BCUT2D eigenvalue weighted by Crippen LogP contribution is 2.57. The van der Waals surface area contributed by atoms with Crippen molar-refractivity contribution >= 4 is 0 Å². The average molecular weight is 654 g/mol. The molecule has 9 rings (SSSR count). The van der Waals surface area contributed by atoms with Crippen molar-refractivity contribution in [3.63, 3.8) is 0 Å². The Morgan fingerprint density at radius 3 is 1.82 bits per heavy atom. The maximum atomic E-state index is 4.95. The second kappa shape index (κ2) is 12.5. The number of rotatable bonds is 6. The number of benzene rings is 6. The summed E-state index contributed by atoms with van der Waals surface area (Å²) >= 11 is 0. The van der Waals surface area contributed by atoms with Gasteiger partial charge in [-0.25, -0.2) is 9.97 Å². The first-order chi connectivity index (χ1) is 25.1. The van der Waals surface area contributed by atoms with Crippen LogP contribution in [0, 0.1) is 13.8 Å². The largest absolute Gasteiger partial charge is 0.264 e. The molecule has 0 radical (unpaired) electrons. The van der Waals surface area contributed by atoms with E-state index in [4.69, 9.17) is 9.97 Å². The van der Waals surface area contributed by atoms with Gasteiger partial charge in [0.05, 0.1) is 16.8 Å². The van der Waals surface area contributed by atoms with Crippen molar-refractivity contribution in [1.29, 1.82) is 0 Å². The summed E-state index contributed by atoms with van der Waals surface area (Å²) < 4.78 is 0. The zero-order valence-corrected chi connectivity index (χ0v) is 28.6. The van der Waals surface area contributed by atoms with Crippen molar-refractivity contribution in [2.45, 2.75) is 19.3 Å². The molecule has 242 valence electrons. The molecule has 2 heterocycles. The maximum Gasteiger partial charge on any atom is 0.126 e. The first-order valence-corrected chi connectivity index (χ1v) is 17.4. The van der Waals surface area contributed by atoms with Gasteiger partial charge in [-0.3, -0.25) is 4.98 Å². The second-order valence-electron chi connectivity index (χ2n) is 13.3. The van der Waals surface area contributed by atoms with Crippen molar-refractivity contribution in [2.75, 3.05) is 0 Å². The number of nitrogens with zero attached hydrogens (tertiary/aromatic N) is 3. The first-order valence-electron chi connectivity index (χ1n) is 17.4. The predicted molar refractivity (Wildman–Crippen MR) is 208 cm³/mol. The predicted octanol–water partition coefficient (Wildman–Crippen LogP) is 11.5. The molecule has 0 aliphatic heterocycles. The van der Waals surface area contributed by atoms with E-state index in [-0.39, 0.29) is 0 Å². The Kier molecular flexibility index (Phi) is 7.48. The molecule has 1 unspecified atom stereocenters. The molecular formula is C48H35N3. The molecule has 8 aromatic rings. The lowest BCUT2D eigenvalue weighted by atomic mass is 9.67. The Morgan fingerprint density at radius 1 is 0.412 bits per heavy atom. The maximum absolute atomic E-state index is 4.95. The van der Waals surface area contributed by atoms with E-state index < -0.39 is 5.41 Å². The molecule has 0 amide bonds. The molecular weight excluding hydrogens is 619 g/mol. The van der Waals surface area contributed by atoms with Crippen molar-refractivity contribution in [3.05, 3.63) is 210 Å². The van der Waals surface area contributed by atoms with Crippen LogP contribution in [0.5, 0.6) is 0 Å². The molecule has 51 heavy (non-hydrogen) atoms. The third-order valence-electron chi connectivity index (χ3n) is 10.3. The summed E-state index contributed by atoms with van der Waals surface area (Å²) in [5.41, 5.74) is 16.9. The lowest BCUT2D eigenvalue weighted by Gasteiger charge is -2.34. The van der Waals surface area contributed by atoms with Crippen molar-refractivity contribution in [1.82, 2.24) is 15.0 Å². The van der Waals surface area contributed by atoms with Crippen molar-refractivity contribution < 1.29 is 0 Å². The average Bonchev–Trinajstić information content (AvgIpc) is 3.49. The van der Waals surface area contributed by atoms with Gasteiger partial charge >= 0.3 is 0 Å². The van der Waals surface area contributed by atoms with Gasteiger partial charge in [0.2, 0.25) is 0 Å². The quantitative estimate of drug-likeness (QED) is 0.179. The normalized spacial score (nSPS) is 14.5. The zero-order chi connectivity index (χ0) is 34.4. The molecule has 0 N–H and O–H groups in total. The number of hydrogen-bond acceptors (Lipinski definition) is 3. The fourth-order valence-corrected chi connectivity index (χ4v) is 7.93. The number of pyridine rings is 1. The number of fused-ring (bicyclic) bond motifs is 3. The Bertz CT molecular complexity index is 2540. The van der Waals surface area contributed by atoms with Gasteiger partial charge in [0.25, 0.3) is 0 Å². The molecule has 0 bridgehead atoms. The SMILES string of the molecule is Cc1nc(-c2ccccc2)cc(-c2cccc(C3(c4ccccc4)c4ccccc4-c4ccc(-c5ccc(-c6cnccc6C)cc5)cc43)c2)n1. The van der Waals surface area contributed by atoms with E-state index in [1.165, 1.54) is 55.6 Å². The van der Waals surface area contributed by atoms with Crippen LogP contribution in [-0.4, -0.2) is 15.0 Å². The fraction of sp³-hybridized carbons (Fsp3) is 0.0625. The number of aryl methyl sites for hydroxylation is 2. The second-order valence-corrected chi connectivity index (χ2v) is 13.3. The minimum atomic E-state index is -0.545. The third kappa shape index (κ3) is 5.17. The van der Waals surface area contributed by atoms with Crippen LogP contribution < -0.4 is 0 Å².